The average molecular weight is 399 g/mol. The van der Waals surface area contributed by atoms with Crippen molar-refractivity contribution < 1.29 is 13.2 Å². The largest absolute Gasteiger partial charge is 0.312 e. The average Bonchev–Trinajstić information content (AvgIpc) is 3.44. The van der Waals surface area contributed by atoms with E-state index in [-0.39, 0.29) is 11.8 Å². The molecule has 0 radical (unpaired) electrons. The molecule has 1 saturated carbocycles. The minimum atomic E-state index is -3.71. The number of benzene rings is 2. The molecule has 1 heterocycles. The van der Waals surface area contributed by atoms with Gasteiger partial charge in [0.1, 0.15) is 0 Å². The second-order valence-electron chi connectivity index (χ2n) is 8.04. The first-order valence-electron chi connectivity index (χ1n) is 9.81. The lowest BCUT2D eigenvalue weighted by atomic mass is 10.0. The molecule has 2 aromatic rings. The summed E-state index contributed by atoms with van der Waals surface area (Å²) in [6.45, 7) is 6.29. The quantitative estimate of drug-likeness (QED) is 0.843. The summed E-state index contributed by atoms with van der Waals surface area (Å²) in [5.74, 6) is 0.315. The van der Waals surface area contributed by atoms with Crippen LogP contribution in [0.2, 0.25) is 0 Å². The molecule has 1 amide bonds. The van der Waals surface area contributed by atoms with E-state index in [2.05, 4.69) is 4.72 Å². The van der Waals surface area contributed by atoms with Crippen molar-refractivity contribution in [2.24, 2.45) is 5.92 Å². The Morgan fingerprint density at radius 1 is 1.07 bits per heavy atom. The Hall–Kier alpha value is -2.34. The Morgan fingerprint density at radius 3 is 2.39 bits per heavy atom. The number of rotatable bonds is 4. The topological polar surface area (TPSA) is 66.5 Å². The molecule has 0 aromatic heterocycles. The summed E-state index contributed by atoms with van der Waals surface area (Å²) in [6, 6.07) is 9.30. The molecule has 0 saturated heterocycles. The van der Waals surface area contributed by atoms with Crippen molar-refractivity contribution >= 4 is 27.3 Å². The zero-order chi connectivity index (χ0) is 20.1. The van der Waals surface area contributed by atoms with Gasteiger partial charge in [0.15, 0.2) is 0 Å². The van der Waals surface area contributed by atoms with E-state index in [0.29, 0.717) is 17.1 Å². The Bertz CT molecular complexity index is 1030. The molecule has 1 N–H and O–H groups in total. The van der Waals surface area contributed by atoms with Gasteiger partial charge in [-0.2, -0.15) is 0 Å². The minimum Gasteiger partial charge on any atom is -0.312 e. The fourth-order valence-corrected chi connectivity index (χ4v) is 5.72. The van der Waals surface area contributed by atoms with Crippen LogP contribution in [-0.2, 0) is 21.2 Å². The minimum absolute atomic E-state index is 0.143. The molecule has 1 aliphatic heterocycles. The van der Waals surface area contributed by atoms with Gasteiger partial charge in [-0.1, -0.05) is 23.8 Å². The number of nitrogens with zero attached hydrogens (tertiary/aromatic N) is 1. The second-order valence-corrected chi connectivity index (χ2v) is 9.66. The van der Waals surface area contributed by atoms with E-state index in [1.165, 1.54) is 0 Å². The first kappa shape index (κ1) is 19.0. The molecule has 148 valence electrons. The van der Waals surface area contributed by atoms with Gasteiger partial charge in [-0.15, -0.1) is 0 Å². The normalized spacial score (nSPS) is 16.6. The molecular weight excluding hydrogens is 372 g/mol. The van der Waals surface area contributed by atoms with Crippen molar-refractivity contribution in [3.63, 3.8) is 0 Å². The van der Waals surface area contributed by atoms with Crippen LogP contribution in [0.4, 0.5) is 11.4 Å². The smallest absolute Gasteiger partial charge is 0.262 e. The van der Waals surface area contributed by atoms with Crippen molar-refractivity contribution in [3.8, 4) is 0 Å². The van der Waals surface area contributed by atoms with E-state index in [9.17, 15) is 13.2 Å². The van der Waals surface area contributed by atoms with Crippen molar-refractivity contribution in [1.82, 2.24) is 0 Å². The van der Waals surface area contributed by atoms with Gasteiger partial charge < -0.3 is 4.90 Å². The van der Waals surface area contributed by atoms with Gasteiger partial charge in [0.05, 0.1) is 10.6 Å². The highest BCUT2D eigenvalue weighted by atomic mass is 32.2. The fraction of sp³-hybridized carbons (Fsp3) is 0.409. The molecule has 0 bridgehead atoms. The number of carbonyl (C=O) groups is 1. The number of amides is 1. The molecule has 0 unspecified atom stereocenters. The number of aryl methyl sites for hydroxylation is 4. The van der Waals surface area contributed by atoms with Crippen LogP contribution in [0.5, 0.6) is 0 Å². The molecule has 2 aliphatic rings. The molecule has 1 aliphatic carbocycles. The molecule has 0 spiro atoms. The van der Waals surface area contributed by atoms with Gasteiger partial charge in [-0.25, -0.2) is 8.42 Å². The van der Waals surface area contributed by atoms with Gasteiger partial charge in [-0.05, 0) is 75.3 Å². The summed E-state index contributed by atoms with van der Waals surface area (Å²) in [5, 5.41) is 0. The number of fused-ring (bicyclic) bond motifs is 1. The summed E-state index contributed by atoms with van der Waals surface area (Å²) in [5.41, 5.74) is 4.94. The van der Waals surface area contributed by atoms with Gasteiger partial charge in [0, 0.05) is 18.2 Å². The lowest BCUT2D eigenvalue weighted by Crippen LogP contribution is -2.36. The Labute approximate surface area is 166 Å². The van der Waals surface area contributed by atoms with E-state index in [0.717, 1.165) is 53.6 Å². The molecule has 4 rings (SSSR count). The monoisotopic (exact) mass is 398 g/mol. The molecule has 1 fully saturated rings. The van der Waals surface area contributed by atoms with E-state index in [1.54, 1.807) is 6.07 Å². The number of hydrogen-bond donors (Lipinski definition) is 1. The number of carbonyl (C=O) groups excluding carboxylic acids is 1. The summed E-state index contributed by atoms with van der Waals surface area (Å²) < 4.78 is 28.9. The summed E-state index contributed by atoms with van der Waals surface area (Å²) >= 11 is 0. The molecule has 28 heavy (non-hydrogen) atoms. The maximum atomic E-state index is 13.1. The van der Waals surface area contributed by atoms with E-state index < -0.39 is 10.0 Å². The summed E-state index contributed by atoms with van der Waals surface area (Å²) in [7, 11) is -3.71. The number of hydrogen-bond acceptors (Lipinski definition) is 3. The van der Waals surface area contributed by atoms with Gasteiger partial charge >= 0.3 is 0 Å². The first-order chi connectivity index (χ1) is 13.3. The van der Waals surface area contributed by atoms with Crippen LogP contribution < -0.4 is 9.62 Å². The van der Waals surface area contributed by atoms with Gasteiger partial charge in [0.2, 0.25) is 5.91 Å². The summed E-state index contributed by atoms with van der Waals surface area (Å²) in [4.78, 5) is 14.8. The van der Waals surface area contributed by atoms with Gasteiger partial charge in [0.25, 0.3) is 10.0 Å². The number of nitrogens with one attached hydrogen (secondary N) is 1. The molecule has 0 atom stereocenters. The van der Waals surface area contributed by atoms with Crippen LogP contribution >= 0.6 is 0 Å². The lowest BCUT2D eigenvalue weighted by Gasteiger charge is -2.30. The highest BCUT2D eigenvalue weighted by Gasteiger charge is 2.35. The van der Waals surface area contributed by atoms with E-state index >= 15 is 0 Å². The van der Waals surface area contributed by atoms with Crippen molar-refractivity contribution in [2.45, 2.75) is 51.3 Å². The van der Waals surface area contributed by atoms with Crippen molar-refractivity contribution in [1.29, 1.82) is 0 Å². The highest BCUT2D eigenvalue weighted by Crippen LogP contribution is 2.37. The van der Waals surface area contributed by atoms with Crippen LogP contribution in [-0.4, -0.2) is 20.9 Å². The van der Waals surface area contributed by atoms with Crippen LogP contribution in [0.25, 0.3) is 0 Å². The van der Waals surface area contributed by atoms with Crippen LogP contribution in [0.3, 0.4) is 0 Å². The third-order valence-corrected chi connectivity index (χ3v) is 7.21. The maximum absolute atomic E-state index is 13.1. The molecule has 6 heteroatoms. The molecular formula is C22H26N2O3S. The molecule has 2 aromatic carbocycles. The fourth-order valence-electron chi connectivity index (χ4n) is 4.21. The second kappa shape index (κ2) is 6.92. The Morgan fingerprint density at radius 2 is 1.75 bits per heavy atom. The third-order valence-electron chi connectivity index (χ3n) is 5.52. The predicted molar refractivity (Wildman–Crippen MR) is 111 cm³/mol. The summed E-state index contributed by atoms with van der Waals surface area (Å²) in [6.07, 6.45) is 3.78. The highest BCUT2D eigenvalue weighted by molar-refractivity contribution is 7.92. The van der Waals surface area contributed by atoms with Crippen LogP contribution in [0.1, 0.15) is 41.5 Å². The van der Waals surface area contributed by atoms with Crippen LogP contribution in [0, 0.1) is 26.7 Å². The predicted octanol–water partition coefficient (Wildman–Crippen LogP) is 4.10. The maximum Gasteiger partial charge on any atom is 0.262 e. The van der Waals surface area contributed by atoms with E-state index in [1.807, 2.05) is 49.9 Å². The first-order valence-corrected chi connectivity index (χ1v) is 11.3. The van der Waals surface area contributed by atoms with Gasteiger partial charge in [-0.3, -0.25) is 9.52 Å². The molecule has 5 nitrogen and oxygen atoms in total. The van der Waals surface area contributed by atoms with Crippen molar-refractivity contribution in [3.05, 3.63) is 52.6 Å². The number of sulfonamides is 1. The van der Waals surface area contributed by atoms with Crippen LogP contribution in [0.15, 0.2) is 35.2 Å². The zero-order valence-corrected chi connectivity index (χ0v) is 17.4. The standard InChI is InChI=1S/C22H26N2O3S/c1-14-11-15(2)21(16(3)12-14)28(26,27)23-19-9-8-17-5-4-10-24(20(17)13-19)22(25)18-6-7-18/h8-9,11-13,18,23H,4-7,10H2,1-3H3. The Balaban J connectivity index is 1.67. The third kappa shape index (κ3) is 3.53. The zero-order valence-electron chi connectivity index (χ0n) is 16.6. The van der Waals surface area contributed by atoms with Crippen molar-refractivity contribution in [2.75, 3.05) is 16.2 Å². The Kier molecular flexibility index (Phi) is 4.70. The number of anilines is 2. The SMILES string of the molecule is Cc1cc(C)c(S(=O)(=O)Nc2ccc3c(c2)N(C(=O)C2CC2)CCC3)c(C)c1. The van der Waals surface area contributed by atoms with E-state index in [4.69, 9.17) is 0 Å². The lowest BCUT2D eigenvalue weighted by molar-refractivity contribution is -0.119.